The van der Waals surface area contributed by atoms with Crippen molar-refractivity contribution < 1.29 is 9.15 Å². The highest BCUT2D eigenvalue weighted by atomic mass is 16.5. The van der Waals surface area contributed by atoms with E-state index in [2.05, 4.69) is 20.4 Å². The lowest BCUT2D eigenvalue weighted by atomic mass is 10.2. The van der Waals surface area contributed by atoms with Gasteiger partial charge in [0, 0.05) is 13.2 Å². The molecule has 0 amide bonds. The summed E-state index contributed by atoms with van der Waals surface area (Å²) in [5.74, 6) is 1.90. The molecular formula is C15H21N5O2. The summed E-state index contributed by atoms with van der Waals surface area (Å²) in [7, 11) is 0. The van der Waals surface area contributed by atoms with E-state index < -0.39 is 0 Å². The molecule has 4 rings (SSSR count). The quantitative estimate of drug-likeness (QED) is 0.776. The molecule has 3 heterocycles. The molecule has 0 aromatic carbocycles. The summed E-state index contributed by atoms with van der Waals surface area (Å²) in [6, 6.07) is 4.43. The van der Waals surface area contributed by atoms with E-state index in [1.807, 2.05) is 16.8 Å². The molecule has 2 aliphatic rings. The zero-order valence-corrected chi connectivity index (χ0v) is 12.6. The van der Waals surface area contributed by atoms with Gasteiger partial charge in [-0.05, 0) is 48.2 Å². The second kappa shape index (κ2) is 6.18. The van der Waals surface area contributed by atoms with Gasteiger partial charge in [0.05, 0.1) is 31.5 Å². The van der Waals surface area contributed by atoms with Crippen LogP contribution in [0.4, 0.5) is 0 Å². The molecule has 1 saturated carbocycles. The van der Waals surface area contributed by atoms with Crippen LogP contribution < -0.4 is 0 Å². The van der Waals surface area contributed by atoms with Gasteiger partial charge in [-0.2, -0.15) is 0 Å². The molecule has 7 heteroatoms. The Labute approximate surface area is 129 Å². The predicted molar refractivity (Wildman–Crippen MR) is 77.9 cm³/mol. The number of nitrogens with zero attached hydrogens (tertiary/aromatic N) is 5. The van der Waals surface area contributed by atoms with E-state index in [4.69, 9.17) is 9.15 Å². The first-order chi connectivity index (χ1) is 10.9. The molecule has 2 fully saturated rings. The van der Waals surface area contributed by atoms with Gasteiger partial charge in [-0.1, -0.05) is 0 Å². The zero-order chi connectivity index (χ0) is 14.8. The highest BCUT2D eigenvalue weighted by Gasteiger charge is 2.29. The Kier molecular flexibility index (Phi) is 3.90. The Bertz CT molecular complexity index is 587. The average molecular weight is 303 g/mol. The van der Waals surface area contributed by atoms with Crippen LogP contribution in [0.3, 0.4) is 0 Å². The minimum Gasteiger partial charge on any atom is -0.468 e. The summed E-state index contributed by atoms with van der Waals surface area (Å²) in [6.45, 7) is 3.24. The fourth-order valence-electron chi connectivity index (χ4n) is 3.00. The van der Waals surface area contributed by atoms with Crippen LogP contribution in [0, 0.1) is 0 Å². The number of ether oxygens (including phenoxy) is 1. The SMILES string of the molecule is c1coc(CN(Cc2nnnn2C2CC2)CC2CCCO2)c1. The summed E-state index contributed by atoms with van der Waals surface area (Å²) >= 11 is 0. The van der Waals surface area contributed by atoms with Crippen LogP contribution in [0.1, 0.15) is 43.3 Å². The van der Waals surface area contributed by atoms with Gasteiger partial charge in [0.15, 0.2) is 5.82 Å². The van der Waals surface area contributed by atoms with Gasteiger partial charge in [0.2, 0.25) is 0 Å². The van der Waals surface area contributed by atoms with Gasteiger partial charge < -0.3 is 9.15 Å². The molecule has 0 radical (unpaired) electrons. The Morgan fingerprint density at radius 1 is 1.27 bits per heavy atom. The van der Waals surface area contributed by atoms with E-state index in [-0.39, 0.29) is 0 Å². The highest BCUT2D eigenvalue weighted by molar-refractivity contribution is 4.99. The molecule has 1 atom stereocenters. The highest BCUT2D eigenvalue weighted by Crippen LogP contribution is 2.34. The largest absolute Gasteiger partial charge is 0.468 e. The third kappa shape index (κ3) is 3.20. The van der Waals surface area contributed by atoms with Crippen molar-refractivity contribution in [3.63, 3.8) is 0 Å². The van der Waals surface area contributed by atoms with Gasteiger partial charge in [-0.25, -0.2) is 4.68 Å². The van der Waals surface area contributed by atoms with E-state index in [9.17, 15) is 0 Å². The monoisotopic (exact) mass is 303 g/mol. The molecule has 2 aromatic rings. The van der Waals surface area contributed by atoms with E-state index in [1.165, 1.54) is 12.8 Å². The average Bonchev–Trinajstić information content (AvgIpc) is 2.97. The van der Waals surface area contributed by atoms with E-state index in [1.54, 1.807) is 6.26 Å². The fraction of sp³-hybridized carbons (Fsp3) is 0.667. The van der Waals surface area contributed by atoms with Crippen LogP contribution in [0.2, 0.25) is 0 Å². The van der Waals surface area contributed by atoms with Crippen LogP contribution in [-0.2, 0) is 17.8 Å². The van der Waals surface area contributed by atoms with Crippen LogP contribution >= 0.6 is 0 Å². The van der Waals surface area contributed by atoms with Gasteiger partial charge >= 0.3 is 0 Å². The number of hydrogen-bond donors (Lipinski definition) is 0. The summed E-state index contributed by atoms with van der Waals surface area (Å²) in [5, 5.41) is 12.2. The third-order valence-electron chi connectivity index (χ3n) is 4.26. The Morgan fingerprint density at radius 2 is 2.23 bits per heavy atom. The number of tetrazole rings is 1. The molecule has 1 saturated heterocycles. The molecule has 1 aliphatic heterocycles. The first-order valence-electron chi connectivity index (χ1n) is 8.01. The van der Waals surface area contributed by atoms with Crippen molar-refractivity contribution in [1.82, 2.24) is 25.1 Å². The molecule has 0 spiro atoms. The maximum atomic E-state index is 5.78. The minimum atomic E-state index is 0.306. The lowest BCUT2D eigenvalue weighted by Crippen LogP contribution is -2.32. The molecule has 1 aliphatic carbocycles. The van der Waals surface area contributed by atoms with Gasteiger partial charge in [-0.15, -0.1) is 5.10 Å². The van der Waals surface area contributed by atoms with Crippen molar-refractivity contribution >= 4 is 0 Å². The Hall–Kier alpha value is -1.73. The van der Waals surface area contributed by atoms with E-state index in [0.717, 1.165) is 50.7 Å². The van der Waals surface area contributed by atoms with Gasteiger partial charge in [0.1, 0.15) is 5.76 Å². The van der Waals surface area contributed by atoms with Gasteiger partial charge in [-0.3, -0.25) is 4.90 Å². The first-order valence-corrected chi connectivity index (χ1v) is 8.01. The smallest absolute Gasteiger partial charge is 0.165 e. The lowest BCUT2D eigenvalue weighted by molar-refractivity contribution is 0.0640. The molecule has 118 valence electrons. The standard InChI is InChI=1S/C15H21N5O2/c1-3-13(21-7-1)9-19(10-14-4-2-8-22-14)11-15-16-17-18-20(15)12-5-6-12/h1,3,7,12,14H,2,4-6,8-11H2. The maximum absolute atomic E-state index is 5.78. The molecule has 1 unspecified atom stereocenters. The predicted octanol–water partition coefficient (Wildman–Crippen LogP) is 1.78. The summed E-state index contributed by atoms with van der Waals surface area (Å²) in [4.78, 5) is 2.32. The molecule has 2 aromatic heterocycles. The number of aromatic nitrogens is 4. The third-order valence-corrected chi connectivity index (χ3v) is 4.26. The Morgan fingerprint density at radius 3 is 2.95 bits per heavy atom. The van der Waals surface area contributed by atoms with Crippen molar-refractivity contribution in [3.05, 3.63) is 30.0 Å². The van der Waals surface area contributed by atoms with Crippen LogP contribution in [0.5, 0.6) is 0 Å². The van der Waals surface area contributed by atoms with Crippen LogP contribution in [0.25, 0.3) is 0 Å². The Balaban J connectivity index is 1.46. The minimum absolute atomic E-state index is 0.306. The van der Waals surface area contributed by atoms with Gasteiger partial charge in [0.25, 0.3) is 0 Å². The molecule has 0 N–H and O–H groups in total. The topological polar surface area (TPSA) is 69.2 Å². The van der Waals surface area contributed by atoms with Crippen molar-refractivity contribution in [1.29, 1.82) is 0 Å². The second-order valence-corrected chi connectivity index (χ2v) is 6.15. The zero-order valence-electron chi connectivity index (χ0n) is 12.6. The van der Waals surface area contributed by atoms with Crippen LogP contribution in [0.15, 0.2) is 22.8 Å². The summed E-state index contributed by atoms with van der Waals surface area (Å²) in [5.41, 5.74) is 0. The molecule has 22 heavy (non-hydrogen) atoms. The molecule has 0 bridgehead atoms. The summed E-state index contributed by atoms with van der Waals surface area (Å²) < 4.78 is 13.3. The van der Waals surface area contributed by atoms with Crippen molar-refractivity contribution in [2.45, 2.75) is 50.9 Å². The van der Waals surface area contributed by atoms with Crippen molar-refractivity contribution in [2.24, 2.45) is 0 Å². The van der Waals surface area contributed by atoms with E-state index in [0.29, 0.717) is 12.1 Å². The number of hydrogen-bond acceptors (Lipinski definition) is 6. The first kappa shape index (κ1) is 13.9. The number of furan rings is 1. The normalized spacial score (nSPS) is 21.8. The second-order valence-electron chi connectivity index (χ2n) is 6.15. The maximum Gasteiger partial charge on any atom is 0.165 e. The number of rotatable bonds is 7. The van der Waals surface area contributed by atoms with Crippen molar-refractivity contribution in [2.75, 3.05) is 13.2 Å². The fourth-order valence-corrected chi connectivity index (χ4v) is 3.00. The molecule has 7 nitrogen and oxygen atoms in total. The van der Waals surface area contributed by atoms with E-state index >= 15 is 0 Å². The van der Waals surface area contributed by atoms with Crippen molar-refractivity contribution in [3.8, 4) is 0 Å². The van der Waals surface area contributed by atoms with Crippen LogP contribution in [-0.4, -0.2) is 44.4 Å². The lowest BCUT2D eigenvalue weighted by Gasteiger charge is -2.23. The summed E-state index contributed by atoms with van der Waals surface area (Å²) in [6.07, 6.45) is 6.67. The molecular weight excluding hydrogens is 282 g/mol.